The van der Waals surface area contributed by atoms with E-state index in [9.17, 15) is 0 Å². The lowest BCUT2D eigenvalue weighted by atomic mass is 9.69. The summed E-state index contributed by atoms with van der Waals surface area (Å²) in [5.74, 6) is 2.16. The van der Waals surface area contributed by atoms with Crippen molar-refractivity contribution in [3.63, 3.8) is 0 Å². The van der Waals surface area contributed by atoms with Gasteiger partial charge in [-0.15, -0.1) is 0 Å². The summed E-state index contributed by atoms with van der Waals surface area (Å²) in [5.41, 5.74) is 0.527. The molecular weight excluding hydrogens is 228 g/mol. The van der Waals surface area contributed by atoms with Gasteiger partial charge in [0, 0.05) is 25.4 Å². The van der Waals surface area contributed by atoms with Crippen LogP contribution in [0.5, 0.6) is 0 Å². The second-order valence-electron chi connectivity index (χ2n) is 5.96. The molecule has 0 bridgehead atoms. The Labute approximate surface area is 112 Å². The quantitative estimate of drug-likeness (QED) is 0.756. The van der Waals surface area contributed by atoms with Gasteiger partial charge in [0.15, 0.2) is 0 Å². The summed E-state index contributed by atoms with van der Waals surface area (Å²) in [6.07, 6.45) is 7.85. The highest BCUT2D eigenvalue weighted by Gasteiger charge is 2.35. The average Bonchev–Trinajstić information content (AvgIpc) is 2.26. The van der Waals surface area contributed by atoms with Crippen LogP contribution in [0.4, 0.5) is 0 Å². The largest absolute Gasteiger partial charge is 0.319 e. The lowest BCUT2D eigenvalue weighted by Gasteiger charge is -2.42. The van der Waals surface area contributed by atoms with E-state index in [0.29, 0.717) is 5.41 Å². The molecule has 0 aliphatic heterocycles. The summed E-state index contributed by atoms with van der Waals surface area (Å²) in [6, 6.07) is 0. The Kier molecular flexibility index (Phi) is 6.90. The minimum Gasteiger partial charge on any atom is -0.319 e. The summed E-state index contributed by atoms with van der Waals surface area (Å²) in [4.78, 5) is 2.53. The molecule has 102 valence electrons. The Bertz CT molecular complexity index is 206. The first-order valence-electron chi connectivity index (χ1n) is 6.94. The first kappa shape index (κ1) is 15.3. The highest BCUT2D eigenvalue weighted by atomic mass is 32.2. The highest BCUT2D eigenvalue weighted by Crippen LogP contribution is 2.39. The van der Waals surface area contributed by atoms with Crippen LogP contribution in [-0.2, 0) is 0 Å². The third kappa shape index (κ3) is 5.19. The lowest BCUT2D eigenvalue weighted by molar-refractivity contribution is 0.0967. The standard InChI is InChI=1S/C14H30N2S/c1-13-6-5-7-14(10-13,11-15-2)12-16(3)8-9-17-4/h13,15H,5-12H2,1-4H3. The van der Waals surface area contributed by atoms with Crippen LogP contribution in [0, 0.1) is 11.3 Å². The molecule has 1 rings (SSSR count). The van der Waals surface area contributed by atoms with Crippen molar-refractivity contribution in [2.45, 2.75) is 32.6 Å². The third-order valence-corrected chi connectivity index (χ3v) is 4.61. The van der Waals surface area contributed by atoms with Gasteiger partial charge >= 0.3 is 0 Å². The third-order valence-electron chi connectivity index (χ3n) is 4.02. The van der Waals surface area contributed by atoms with E-state index in [4.69, 9.17) is 0 Å². The summed E-state index contributed by atoms with van der Waals surface area (Å²) in [5, 5.41) is 3.43. The van der Waals surface area contributed by atoms with Crippen LogP contribution >= 0.6 is 11.8 Å². The molecule has 2 unspecified atom stereocenters. The predicted molar refractivity (Wildman–Crippen MR) is 79.9 cm³/mol. The molecular formula is C14H30N2S. The molecule has 1 aliphatic rings. The maximum absolute atomic E-state index is 3.43. The second-order valence-corrected chi connectivity index (χ2v) is 6.95. The van der Waals surface area contributed by atoms with Crippen LogP contribution in [0.15, 0.2) is 0 Å². The van der Waals surface area contributed by atoms with Crippen molar-refractivity contribution in [3.05, 3.63) is 0 Å². The fourth-order valence-corrected chi connectivity index (χ4v) is 3.90. The zero-order chi connectivity index (χ0) is 12.7. The molecule has 17 heavy (non-hydrogen) atoms. The van der Waals surface area contributed by atoms with Gasteiger partial charge in [0.05, 0.1) is 0 Å². The molecule has 1 N–H and O–H groups in total. The van der Waals surface area contributed by atoms with Gasteiger partial charge in [0.1, 0.15) is 0 Å². The zero-order valence-electron chi connectivity index (χ0n) is 12.1. The normalized spacial score (nSPS) is 29.8. The SMILES string of the molecule is CNCC1(CN(C)CCSC)CCCC(C)C1. The lowest BCUT2D eigenvalue weighted by Crippen LogP contribution is -2.45. The van der Waals surface area contributed by atoms with E-state index in [1.165, 1.54) is 51.1 Å². The number of nitrogens with zero attached hydrogens (tertiary/aromatic N) is 1. The summed E-state index contributed by atoms with van der Waals surface area (Å²) in [7, 11) is 4.38. The van der Waals surface area contributed by atoms with Crippen LogP contribution in [0.2, 0.25) is 0 Å². The molecule has 2 nitrogen and oxygen atoms in total. The molecule has 0 aromatic heterocycles. The molecule has 1 saturated carbocycles. The van der Waals surface area contributed by atoms with E-state index in [1.807, 2.05) is 11.8 Å². The Hall–Kier alpha value is 0.270. The van der Waals surface area contributed by atoms with E-state index in [1.54, 1.807) is 0 Å². The Morgan fingerprint density at radius 1 is 1.47 bits per heavy atom. The molecule has 0 saturated heterocycles. The molecule has 0 aromatic carbocycles. The number of rotatable bonds is 7. The van der Waals surface area contributed by atoms with Gasteiger partial charge in [-0.1, -0.05) is 19.8 Å². The first-order chi connectivity index (χ1) is 8.12. The average molecular weight is 258 g/mol. The molecule has 2 atom stereocenters. The summed E-state index contributed by atoms with van der Waals surface area (Å²) >= 11 is 1.95. The molecule has 1 aliphatic carbocycles. The van der Waals surface area contributed by atoms with Crippen molar-refractivity contribution < 1.29 is 0 Å². The van der Waals surface area contributed by atoms with Gasteiger partial charge in [-0.2, -0.15) is 11.8 Å². The van der Waals surface area contributed by atoms with Crippen LogP contribution in [0.1, 0.15) is 32.6 Å². The number of hydrogen-bond donors (Lipinski definition) is 1. The number of thioether (sulfide) groups is 1. The van der Waals surface area contributed by atoms with E-state index in [2.05, 4.69) is 37.5 Å². The Morgan fingerprint density at radius 3 is 2.82 bits per heavy atom. The van der Waals surface area contributed by atoms with Gasteiger partial charge in [-0.25, -0.2) is 0 Å². The predicted octanol–water partition coefficient (Wildman–Crippen LogP) is 2.70. The van der Waals surface area contributed by atoms with Crippen molar-refractivity contribution in [1.82, 2.24) is 10.2 Å². The van der Waals surface area contributed by atoms with Crippen LogP contribution < -0.4 is 5.32 Å². The van der Waals surface area contributed by atoms with E-state index in [0.717, 1.165) is 5.92 Å². The zero-order valence-corrected chi connectivity index (χ0v) is 12.9. The first-order valence-corrected chi connectivity index (χ1v) is 8.33. The number of nitrogens with one attached hydrogen (secondary N) is 1. The van der Waals surface area contributed by atoms with Crippen molar-refractivity contribution in [3.8, 4) is 0 Å². The van der Waals surface area contributed by atoms with Crippen molar-refractivity contribution in [1.29, 1.82) is 0 Å². The highest BCUT2D eigenvalue weighted by molar-refractivity contribution is 7.98. The van der Waals surface area contributed by atoms with Crippen LogP contribution in [0.25, 0.3) is 0 Å². The van der Waals surface area contributed by atoms with Crippen molar-refractivity contribution in [2.24, 2.45) is 11.3 Å². The fourth-order valence-electron chi connectivity index (χ4n) is 3.40. The van der Waals surface area contributed by atoms with Gasteiger partial charge in [-0.3, -0.25) is 0 Å². The Morgan fingerprint density at radius 2 is 2.24 bits per heavy atom. The summed E-state index contributed by atoms with van der Waals surface area (Å²) < 4.78 is 0. The minimum absolute atomic E-state index is 0.527. The number of hydrogen-bond acceptors (Lipinski definition) is 3. The van der Waals surface area contributed by atoms with Crippen molar-refractivity contribution >= 4 is 11.8 Å². The van der Waals surface area contributed by atoms with Gasteiger partial charge < -0.3 is 10.2 Å². The van der Waals surface area contributed by atoms with Gasteiger partial charge in [-0.05, 0) is 44.5 Å². The molecule has 0 aromatic rings. The smallest absolute Gasteiger partial charge is 0.00694 e. The van der Waals surface area contributed by atoms with E-state index < -0.39 is 0 Å². The fraction of sp³-hybridized carbons (Fsp3) is 1.00. The maximum Gasteiger partial charge on any atom is 0.00694 e. The molecule has 0 spiro atoms. The van der Waals surface area contributed by atoms with Crippen LogP contribution in [0.3, 0.4) is 0 Å². The van der Waals surface area contributed by atoms with Gasteiger partial charge in [0.25, 0.3) is 0 Å². The topological polar surface area (TPSA) is 15.3 Å². The van der Waals surface area contributed by atoms with E-state index in [-0.39, 0.29) is 0 Å². The molecule has 0 heterocycles. The molecule has 0 radical (unpaired) electrons. The van der Waals surface area contributed by atoms with E-state index >= 15 is 0 Å². The monoisotopic (exact) mass is 258 g/mol. The van der Waals surface area contributed by atoms with Gasteiger partial charge in [0.2, 0.25) is 0 Å². The molecule has 0 amide bonds. The van der Waals surface area contributed by atoms with Crippen molar-refractivity contribution in [2.75, 3.05) is 45.7 Å². The second kappa shape index (κ2) is 7.65. The molecule has 1 fully saturated rings. The van der Waals surface area contributed by atoms with Crippen LogP contribution in [-0.4, -0.2) is 50.6 Å². The Balaban J connectivity index is 2.51. The minimum atomic E-state index is 0.527. The molecule has 3 heteroatoms. The summed E-state index contributed by atoms with van der Waals surface area (Å²) in [6.45, 7) is 6.09. The maximum atomic E-state index is 3.43.